The molecule has 0 aromatic heterocycles. The van der Waals surface area contributed by atoms with E-state index in [4.69, 9.17) is 16.3 Å². The number of benzene rings is 3. The molecule has 0 aliphatic carbocycles. The highest BCUT2D eigenvalue weighted by molar-refractivity contribution is 9.10. The first-order chi connectivity index (χ1) is 18.9. The molecule has 0 unspecified atom stereocenters. The normalized spacial score (nSPS) is 12.1. The molecule has 0 saturated carbocycles. The van der Waals surface area contributed by atoms with Gasteiger partial charge < -0.3 is 15.0 Å². The molecule has 0 bridgehead atoms. The second-order valence-electron chi connectivity index (χ2n) is 9.63. The topological polar surface area (TPSA) is 96.0 Å². The molecular weight excluding hydrogens is 618 g/mol. The third-order valence-electron chi connectivity index (χ3n) is 6.12. The third-order valence-corrected chi connectivity index (χ3v) is 8.63. The lowest BCUT2D eigenvalue weighted by atomic mass is 10.1. The Labute approximate surface area is 249 Å². The van der Waals surface area contributed by atoms with E-state index in [9.17, 15) is 18.0 Å². The van der Waals surface area contributed by atoms with E-state index in [2.05, 4.69) is 21.2 Å². The number of hydrogen-bond acceptors (Lipinski definition) is 5. The van der Waals surface area contributed by atoms with Gasteiger partial charge in [0.1, 0.15) is 18.3 Å². The van der Waals surface area contributed by atoms with Crippen LogP contribution < -0.4 is 14.4 Å². The fraction of sp³-hybridized carbons (Fsp3) is 0.310. The summed E-state index contributed by atoms with van der Waals surface area (Å²) in [5.41, 5.74) is 0.995. The molecule has 0 aliphatic heterocycles. The van der Waals surface area contributed by atoms with Gasteiger partial charge in [-0.1, -0.05) is 59.6 Å². The van der Waals surface area contributed by atoms with Gasteiger partial charge in [-0.15, -0.1) is 0 Å². The number of carbonyl (C=O) groups excluding carboxylic acids is 2. The van der Waals surface area contributed by atoms with Crippen LogP contribution in [0.15, 0.2) is 82.2 Å². The standard InChI is InChI=1S/C29H33BrClN3O5S/c1-20(2)17-32-29(36)21(3)33(18-22-7-5-8-23(30)15-22)28(35)19-34(25-10-6-9-24(31)16-25)40(37,38)27-13-11-26(39-4)12-14-27/h5-16,20-21H,17-19H2,1-4H3,(H,32,36)/t21-/m1/s1. The van der Waals surface area contributed by atoms with Crippen LogP contribution in [0, 0.1) is 5.92 Å². The van der Waals surface area contributed by atoms with Crippen LogP contribution in [0.5, 0.6) is 5.75 Å². The van der Waals surface area contributed by atoms with E-state index in [-0.39, 0.29) is 29.0 Å². The largest absolute Gasteiger partial charge is 0.497 e. The fourth-order valence-corrected chi connectivity index (χ4v) is 5.94. The average Bonchev–Trinajstić information content (AvgIpc) is 2.92. The maximum atomic E-state index is 13.9. The Morgan fingerprint density at radius 3 is 2.27 bits per heavy atom. The van der Waals surface area contributed by atoms with E-state index in [0.29, 0.717) is 17.3 Å². The zero-order valence-electron chi connectivity index (χ0n) is 22.8. The number of methoxy groups -OCH3 is 1. The van der Waals surface area contributed by atoms with E-state index in [1.165, 1.54) is 42.3 Å². The first kappa shape index (κ1) is 31.4. The molecule has 0 aliphatic rings. The molecule has 1 N–H and O–H groups in total. The number of hydrogen-bond donors (Lipinski definition) is 1. The Kier molecular flexibility index (Phi) is 11.0. The molecule has 3 aromatic rings. The van der Waals surface area contributed by atoms with E-state index in [1.807, 2.05) is 38.1 Å². The van der Waals surface area contributed by atoms with Crippen LogP contribution in [-0.2, 0) is 26.2 Å². The SMILES string of the molecule is COc1ccc(S(=O)(=O)N(CC(=O)N(Cc2cccc(Br)c2)[C@H](C)C(=O)NCC(C)C)c2cccc(Cl)c2)cc1. The predicted octanol–water partition coefficient (Wildman–Crippen LogP) is 5.50. The number of nitrogens with one attached hydrogen (secondary N) is 1. The Balaban J connectivity index is 2.02. The summed E-state index contributed by atoms with van der Waals surface area (Å²) in [6.07, 6.45) is 0. The second-order valence-corrected chi connectivity index (χ2v) is 12.8. The molecule has 3 aromatic carbocycles. The van der Waals surface area contributed by atoms with Gasteiger partial charge in [0.25, 0.3) is 10.0 Å². The van der Waals surface area contributed by atoms with Gasteiger partial charge in [0.15, 0.2) is 0 Å². The number of anilines is 1. The van der Waals surface area contributed by atoms with Gasteiger partial charge in [-0.05, 0) is 73.0 Å². The minimum Gasteiger partial charge on any atom is -0.497 e. The zero-order chi connectivity index (χ0) is 29.4. The van der Waals surface area contributed by atoms with E-state index >= 15 is 0 Å². The summed E-state index contributed by atoms with van der Waals surface area (Å²) in [6, 6.07) is 18.7. The highest BCUT2D eigenvalue weighted by Gasteiger charge is 2.32. The van der Waals surface area contributed by atoms with Crippen LogP contribution in [0.2, 0.25) is 5.02 Å². The van der Waals surface area contributed by atoms with Crippen molar-refractivity contribution in [2.24, 2.45) is 5.92 Å². The van der Waals surface area contributed by atoms with Gasteiger partial charge >= 0.3 is 0 Å². The maximum absolute atomic E-state index is 13.9. The molecular formula is C29H33BrClN3O5S. The number of amides is 2. The lowest BCUT2D eigenvalue weighted by Crippen LogP contribution is -2.51. The van der Waals surface area contributed by atoms with E-state index in [1.54, 1.807) is 25.1 Å². The predicted molar refractivity (Wildman–Crippen MR) is 161 cm³/mol. The number of carbonyl (C=O) groups is 2. The smallest absolute Gasteiger partial charge is 0.264 e. The van der Waals surface area contributed by atoms with Crippen molar-refractivity contribution >= 4 is 55.1 Å². The molecule has 0 saturated heterocycles. The van der Waals surface area contributed by atoms with Gasteiger partial charge in [0, 0.05) is 22.6 Å². The number of ether oxygens (including phenoxy) is 1. The summed E-state index contributed by atoms with van der Waals surface area (Å²) in [6.45, 7) is 5.57. The van der Waals surface area contributed by atoms with Crippen molar-refractivity contribution in [1.29, 1.82) is 0 Å². The average molecular weight is 651 g/mol. The Bertz CT molecular complexity index is 1430. The number of halogens is 2. The molecule has 0 radical (unpaired) electrons. The van der Waals surface area contributed by atoms with Crippen molar-refractivity contribution < 1.29 is 22.7 Å². The van der Waals surface area contributed by atoms with Gasteiger partial charge in [0.2, 0.25) is 11.8 Å². The summed E-state index contributed by atoms with van der Waals surface area (Å²) < 4.78 is 34.7. The highest BCUT2D eigenvalue weighted by Crippen LogP contribution is 2.28. The molecule has 8 nitrogen and oxygen atoms in total. The Hall–Kier alpha value is -3.08. The van der Waals surface area contributed by atoms with Gasteiger partial charge in [0.05, 0.1) is 17.7 Å². The lowest BCUT2D eigenvalue weighted by molar-refractivity contribution is -0.139. The summed E-state index contributed by atoms with van der Waals surface area (Å²) in [5, 5.41) is 3.18. The van der Waals surface area contributed by atoms with Crippen LogP contribution in [0.3, 0.4) is 0 Å². The van der Waals surface area contributed by atoms with Crippen LogP contribution in [-0.4, -0.2) is 51.4 Å². The van der Waals surface area contributed by atoms with Crippen LogP contribution >= 0.6 is 27.5 Å². The van der Waals surface area contributed by atoms with Crippen molar-refractivity contribution in [2.75, 3.05) is 24.5 Å². The minimum atomic E-state index is -4.21. The fourth-order valence-electron chi connectivity index (χ4n) is 3.90. The van der Waals surface area contributed by atoms with Gasteiger partial charge in [-0.3, -0.25) is 13.9 Å². The molecule has 214 valence electrons. The van der Waals surface area contributed by atoms with Crippen molar-refractivity contribution in [3.63, 3.8) is 0 Å². The minimum absolute atomic E-state index is 0.0256. The first-order valence-electron chi connectivity index (χ1n) is 12.7. The van der Waals surface area contributed by atoms with Crippen molar-refractivity contribution in [3.8, 4) is 5.75 Å². The molecule has 40 heavy (non-hydrogen) atoms. The molecule has 3 rings (SSSR count). The van der Waals surface area contributed by atoms with Crippen LogP contribution in [0.1, 0.15) is 26.3 Å². The maximum Gasteiger partial charge on any atom is 0.264 e. The first-order valence-corrected chi connectivity index (χ1v) is 15.3. The monoisotopic (exact) mass is 649 g/mol. The highest BCUT2D eigenvalue weighted by atomic mass is 79.9. The van der Waals surface area contributed by atoms with Gasteiger partial charge in [-0.25, -0.2) is 8.42 Å². The molecule has 1 atom stereocenters. The third kappa shape index (κ3) is 8.22. The summed E-state index contributed by atoms with van der Waals surface area (Å²) >= 11 is 9.65. The number of nitrogens with zero attached hydrogens (tertiary/aromatic N) is 2. The molecule has 2 amide bonds. The van der Waals surface area contributed by atoms with Crippen molar-refractivity contribution in [3.05, 3.63) is 87.9 Å². The summed E-state index contributed by atoms with van der Waals surface area (Å²) in [5.74, 6) is -0.169. The molecule has 11 heteroatoms. The molecule has 0 heterocycles. The van der Waals surface area contributed by atoms with Crippen molar-refractivity contribution in [2.45, 2.75) is 38.3 Å². The quantitative estimate of drug-likeness (QED) is 0.280. The van der Waals surface area contributed by atoms with E-state index in [0.717, 1.165) is 14.3 Å². The number of sulfonamides is 1. The number of rotatable bonds is 12. The molecule has 0 fully saturated rings. The second kappa shape index (κ2) is 14.0. The molecule has 0 spiro atoms. The summed E-state index contributed by atoms with van der Waals surface area (Å²) in [4.78, 5) is 28.4. The summed E-state index contributed by atoms with van der Waals surface area (Å²) in [7, 11) is -2.72. The van der Waals surface area contributed by atoms with Crippen molar-refractivity contribution in [1.82, 2.24) is 10.2 Å². The Morgan fingerprint density at radius 1 is 1.00 bits per heavy atom. The van der Waals surface area contributed by atoms with Crippen LogP contribution in [0.25, 0.3) is 0 Å². The van der Waals surface area contributed by atoms with Gasteiger partial charge in [-0.2, -0.15) is 0 Å². The lowest BCUT2D eigenvalue weighted by Gasteiger charge is -2.32. The zero-order valence-corrected chi connectivity index (χ0v) is 26.0. The van der Waals surface area contributed by atoms with Crippen LogP contribution in [0.4, 0.5) is 5.69 Å². The Morgan fingerprint density at radius 2 is 1.68 bits per heavy atom. The van der Waals surface area contributed by atoms with E-state index < -0.39 is 28.5 Å².